The van der Waals surface area contributed by atoms with Gasteiger partial charge in [-0.25, -0.2) is 9.97 Å². The third-order valence-electron chi connectivity index (χ3n) is 2.76. The third kappa shape index (κ3) is 2.32. The van der Waals surface area contributed by atoms with Crippen molar-refractivity contribution in [3.63, 3.8) is 0 Å². The summed E-state index contributed by atoms with van der Waals surface area (Å²) in [4.78, 5) is 7.94. The molecule has 0 bridgehead atoms. The van der Waals surface area contributed by atoms with Crippen molar-refractivity contribution in [1.82, 2.24) is 20.2 Å². The molecule has 1 aromatic carbocycles. The lowest BCUT2D eigenvalue weighted by Gasteiger charge is -2.08. The SMILES string of the molecule is Cc1cccc2c(Nc3ccnc(Cl)n3)cnnc12. The molecule has 2 aromatic heterocycles. The Morgan fingerprint density at radius 1 is 1.21 bits per heavy atom. The Kier molecular flexibility index (Phi) is 2.97. The van der Waals surface area contributed by atoms with Crippen molar-refractivity contribution in [2.24, 2.45) is 0 Å². The van der Waals surface area contributed by atoms with Gasteiger partial charge in [0.25, 0.3) is 0 Å². The van der Waals surface area contributed by atoms with Gasteiger partial charge in [0.05, 0.1) is 17.4 Å². The number of nitrogens with zero attached hydrogens (tertiary/aromatic N) is 4. The second kappa shape index (κ2) is 4.78. The second-order valence-electron chi connectivity index (χ2n) is 4.07. The Hall–Kier alpha value is -2.27. The van der Waals surface area contributed by atoms with Crippen molar-refractivity contribution >= 4 is 34.0 Å². The molecule has 94 valence electrons. The molecule has 0 unspecified atom stereocenters. The highest BCUT2D eigenvalue weighted by molar-refractivity contribution is 6.28. The van der Waals surface area contributed by atoms with E-state index in [-0.39, 0.29) is 5.28 Å². The van der Waals surface area contributed by atoms with Gasteiger partial charge in [0.2, 0.25) is 5.28 Å². The summed E-state index contributed by atoms with van der Waals surface area (Å²) >= 11 is 5.76. The van der Waals surface area contributed by atoms with Gasteiger partial charge in [-0.05, 0) is 30.2 Å². The summed E-state index contributed by atoms with van der Waals surface area (Å²) in [5.74, 6) is 0.621. The number of fused-ring (bicyclic) bond motifs is 1. The number of aryl methyl sites for hydroxylation is 1. The van der Waals surface area contributed by atoms with Crippen molar-refractivity contribution in [2.75, 3.05) is 5.32 Å². The summed E-state index contributed by atoms with van der Waals surface area (Å²) < 4.78 is 0. The fourth-order valence-electron chi connectivity index (χ4n) is 1.87. The van der Waals surface area contributed by atoms with E-state index in [9.17, 15) is 0 Å². The summed E-state index contributed by atoms with van der Waals surface area (Å²) in [5.41, 5.74) is 2.78. The van der Waals surface area contributed by atoms with Crippen LogP contribution in [0.1, 0.15) is 5.56 Å². The fraction of sp³-hybridized carbons (Fsp3) is 0.0769. The number of rotatable bonds is 2. The summed E-state index contributed by atoms with van der Waals surface area (Å²) in [6, 6.07) is 7.72. The van der Waals surface area contributed by atoms with Crippen molar-refractivity contribution < 1.29 is 0 Å². The standard InChI is InChI=1S/C13H10ClN5/c1-8-3-2-4-9-10(7-16-19-12(8)9)17-11-5-6-15-13(14)18-11/h2-7H,1H3,(H,15,17,18,19). The highest BCUT2D eigenvalue weighted by Crippen LogP contribution is 2.25. The minimum Gasteiger partial charge on any atom is -0.338 e. The molecule has 0 aliphatic carbocycles. The summed E-state index contributed by atoms with van der Waals surface area (Å²) in [7, 11) is 0. The van der Waals surface area contributed by atoms with Gasteiger partial charge in [0.1, 0.15) is 5.82 Å². The largest absolute Gasteiger partial charge is 0.338 e. The molecule has 5 nitrogen and oxygen atoms in total. The monoisotopic (exact) mass is 271 g/mol. The molecule has 0 spiro atoms. The van der Waals surface area contributed by atoms with Crippen LogP contribution in [0, 0.1) is 6.92 Å². The van der Waals surface area contributed by atoms with Crippen molar-refractivity contribution in [3.8, 4) is 0 Å². The zero-order valence-electron chi connectivity index (χ0n) is 10.1. The first-order valence-corrected chi connectivity index (χ1v) is 6.08. The van der Waals surface area contributed by atoms with Crippen LogP contribution in [0.4, 0.5) is 11.5 Å². The molecule has 0 aliphatic rings. The Morgan fingerprint density at radius 3 is 2.95 bits per heavy atom. The predicted molar refractivity (Wildman–Crippen MR) is 74.6 cm³/mol. The van der Waals surface area contributed by atoms with E-state index in [4.69, 9.17) is 11.6 Å². The number of hydrogen-bond acceptors (Lipinski definition) is 5. The molecule has 1 N–H and O–H groups in total. The molecule has 2 heterocycles. The zero-order valence-corrected chi connectivity index (χ0v) is 10.9. The number of nitrogens with one attached hydrogen (secondary N) is 1. The van der Waals surface area contributed by atoms with E-state index in [0.29, 0.717) is 5.82 Å². The van der Waals surface area contributed by atoms with Gasteiger partial charge in [0.15, 0.2) is 0 Å². The molecule has 0 atom stereocenters. The van der Waals surface area contributed by atoms with Gasteiger partial charge >= 0.3 is 0 Å². The summed E-state index contributed by atoms with van der Waals surface area (Å²) in [5, 5.41) is 12.5. The summed E-state index contributed by atoms with van der Waals surface area (Å²) in [6.07, 6.45) is 3.26. The first-order chi connectivity index (χ1) is 9.24. The second-order valence-corrected chi connectivity index (χ2v) is 4.40. The van der Waals surface area contributed by atoms with Gasteiger partial charge in [-0.2, -0.15) is 10.2 Å². The fourth-order valence-corrected chi connectivity index (χ4v) is 2.01. The highest BCUT2D eigenvalue weighted by atomic mass is 35.5. The number of aromatic nitrogens is 4. The molecule has 0 saturated carbocycles. The van der Waals surface area contributed by atoms with Gasteiger partial charge < -0.3 is 5.32 Å². The van der Waals surface area contributed by atoms with E-state index in [1.807, 2.05) is 25.1 Å². The molecule has 0 fully saturated rings. The molecule has 3 aromatic rings. The molecule has 3 rings (SSSR count). The normalized spacial score (nSPS) is 10.6. The number of anilines is 2. The molecular formula is C13H10ClN5. The molecule has 0 saturated heterocycles. The van der Waals surface area contributed by atoms with E-state index in [2.05, 4.69) is 25.5 Å². The Morgan fingerprint density at radius 2 is 2.11 bits per heavy atom. The van der Waals surface area contributed by atoms with E-state index in [1.165, 1.54) is 0 Å². The molecule has 0 aliphatic heterocycles. The first kappa shape index (κ1) is 11.8. The lowest BCUT2D eigenvalue weighted by molar-refractivity contribution is 1.07. The van der Waals surface area contributed by atoms with Crippen LogP contribution in [0.15, 0.2) is 36.7 Å². The van der Waals surface area contributed by atoms with E-state index >= 15 is 0 Å². The quantitative estimate of drug-likeness (QED) is 0.726. The van der Waals surface area contributed by atoms with Crippen molar-refractivity contribution in [2.45, 2.75) is 6.92 Å². The Bertz CT molecular complexity index is 744. The van der Waals surface area contributed by atoms with E-state index in [0.717, 1.165) is 22.2 Å². The van der Waals surface area contributed by atoms with Crippen LogP contribution in [0.5, 0.6) is 0 Å². The topological polar surface area (TPSA) is 63.6 Å². The first-order valence-electron chi connectivity index (χ1n) is 5.70. The maximum atomic E-state index is 5.76. The number of hydrogen-bond donors (Lipinski definition) is 1. The van der Waals surface area contributed by atoms with Gasteiger partial charge in [-0.1, -0.05) is 18.2 Å². The molecule has 0 radical (unpaired) electrons. The van der Waals surface area contributed by atoms with Crippen LogP contribution in [0.2, 0.25) is 5.28 Å². The predicted octanol–water partition coefficient (Wildman–Crippen LogP) is 3.13. The Labute approximate surface area is 114 Å². The van der Waals surface area contributed by atoms with Crippen LogP contribution in [-0.4, -0.2) is 20.2 Å². The van der Waals surface area contributed by atoms with Crippen LogP contribution in [0.3, 0.4) is 0 Å². The molecule has 0 amide bonds. The van der Waals surface area contributed by atoms with Crippen LogP contribution in [-0.2, 0) is 0 Å². The minimum absolute atomic E-state index is 0.201. The van der Waals surface area contributed by atoms with Gasteiger partial charge in [-0.3, -0.25) is 0 Å². The Balaban J connectivity index is 2.08. The maximum Gasteiger partial charge on any atom is 0.224 e. The summed E-state index contributed by atoms with van der Waals surface area (Å²) in [6.45, 7) is 2.00. The molecule has 6 heteroatoms. The highest BCUT2D eigenvalue weighted by Gasteiger charge is 2.06. The third-order valence-corrected chi connectivity index (χ3v) is 2.94. The average Bonchev–Trinajstić information content (AvgIpc) is 2.40. The lowest BCUT2D eigenvalue weighted by atomic mass is 10.1. The average molecular weight is 272 g/mol. The number of benzene rings is 1. The van der Waals surface area contributed by atoms with Crippen LogP contribution >= 0.6 is 11.6 Å². The van der Waals surface area contributed by atoms with Gasteiger partial charge in [0, 0.05) is 11.6 Å². The van der Waals surface area contributed by atoms with E-state index < -0.39 is 0 Å². The number of halogens is 1. The molecule has 19 heavy (non-hydrogen) atoms. The van der Waals surface area contributed by atoms with E-state index in [1.54, 1.807) is 18.5 Å². The van der Waals surface area contributed by atoms with Gasteiger partial charge in [-0.15, -0.1) is 0 Å². The van der Waals surface area contributed by atoms with Crippen molar-refractivity contribution in [3.05, 3.63) is 47.5 Å². The smallest absolute Gasteiger partial charge is 0.224 e. The minimum atomic E-state index is 0.201. The lowest BCUT2D eigenvalue weighted by Crippen LogP contribution is -1.98. The maximum absolute atomic E-state index is 5.76. The molecular weight excluding hydrogens is 262 g/mol. The zero-order chi connectivity index (χ0) is 13.2. The van der Waals surface area contributed by atoms with Crippen LogP contribution < -0.4 is 5.32 Å². The van der Waals surface area contributed by atoms with Crippen LogP contribution in [0.25, 0.3) is 10.9 Å². The van der Waals surface area contributed by atoms with Crippen molar-refractivity contribution in [1.29, 1.82) is 0 Å².